The van der Waals surface area contributed by atoms with Crippen LogP contribution in [0, 0.1) is 11.3 Å². The molecule has 6 heteroatoms. The zero-order valence-corrected chi connectivity index (χ0v) is 14.5. The molecule has 126 valence electrons. The monoisotopic (exact) mass is 342 g/mol. The number of aromatic nitrogens is 2. The minimum absolute atomic E-state index is 0.272. The van der Waals surface area contributed by atoms with Crippen LogP contribution in [0.4, 0.5) is 0 Å². The first-order chi connectivity index (χ1) is 11.8. The number of hydrogen-bond acceptors (Lipinski definition) is 6. The summed E-state index contributed by atoms with van der Waals surface area (Å²) in [5, 5.41) is 10.1. The maximum atomic E-state index is 9.06. The highest BCUT2D eigenvalue weighted by molar-refractivity contribution is 7.19. The molecule has 2 aromatic heterocycles. The zero-order chi connectivity index (χ0) is 16.5. The fourth-order valence-corrected chi connectivity index (χ4v) is 5.30. The number of fused-ring (bicyclic) bond motifs is 3. The Bertz CT molecular complexity index is 775. The van der Waals surface area contributed by atoms with Crippen molar-refractivity contribution in [2.24, 2.45) is 5.73 Å². The lowest BCUT2D eigenvalue weighted by Crippen LogP contribution is -2.21. The van der Waals surface area contributed by atoms with Gasteiger partial charge in [-0.25, -0.2) is 9.97 Å². The van der Waals surface area contributed by atoms with Gasteiger partial charge >= 0.3 is 0 Å². The van der Waals surface area contributed by atoms with Crippen LogP contribution in [0.5, 0.6) is 5.88 Å². The molecule has 0 aromatic carbocycles. The number of hydrogen-bond donors (Lipinski definition) is 1. The van der Waals surface area contributed by atoms with Crippen molar-refractivity contribution in [1.82, 2.24) is 9.97 Å². The van der Waals surface area contributed by atoms with Crippen LogP contribution in [-0.2, 0) is 6.42 Å². The Morgan fingerprint density at radius 2 is 2.12 bits per heavy atom. The average Bonchev–Trinajstić information content (AvgIpc) is 3.16. The molecule has 2 atom stereocenters. The van der Waals surface area contributed by atoms with E-state index in [9.17, 15) is 0 Å². The van der Waals surface area contributed by atoms with Gasteiger partial charge in [0.05, 0.1) is 17.5 Å². The molecule has 0 amide bonds. The van der Waals surface area contributed by atoms with Gasteiger partial charge in [-0.1, -0.05) is 6.42 Å². The van der Waals surface area contributed by atoms with Crippen LogP contribution in [0.2, 0.25) is 0 Å². The van der Waals surface area contributed by atoms with E-state index >= 15 is 0 Å². The molecule has 4 rings (SSSR count). The number of nitriles is 1. The topological polar surface area (TPSA) is 84.8 Å². The first kappa shape index (κ1) is 15.8. The highest BCUT2D eigenvalue weighted by atomic mass is 32.1. The summed E-state index contributed by atoms with van der Waals surface area (Å²) < 4.78 is 6.29. The van der Waals surface area contributed by atoms with E-state index in [1.807, 2.05) is 0 Å². The van der Waals surface area contributed by atoms with Gasteiger partial charge in [0.2, 0.25) is 5.88 Å². The third-order valence-corrected chi connectivity index (χ3v) is 6.40. The Hall–Kier alpha value is -1.71. The minimum atomic E-state index is -0.414. The molecule has 0 radical (unpaired) electrons. The predicted molar refractivity (Wildman–Crippen MR) is 94.2 cm³/mol. The summed E-state index contributed by atoms with van der Waals surface area (Å²) in [4.78, 5) is 11.3. The highest BCUT2D eigenvalue weighted by Gasteiger charge is 2.31. The lowest BCUT2D eigenvalue weighted by Gasteiger charge is -2.23. The van der Waals surface area contributed by atoms with E-state index in [0.717, 1.165) is 41.8 Å². The van der Waals surface area contributed by atoms with Gasteiger partial charge in [-0.2, -0.15) is 5.26 Å². The van der Waals surface area contributed by atoms with Crippen molar-refractivity contribution in [3.05, 3.63) is 16.8 Å². The number of aryl methyl sites for hydroxylation is 1. The van der Waals surface area contributed by atoms with Crippen LogP contribution < -0.4 is 10.5 Å². The second-order valence-electron chi connectivity index (χ2n) is 6.88. The molecule has 2 heterocycles. The Labute approximate surface area is 145 Å². The summed E-state index contributed by atoms with van der Waals surface area (Å²) in [5.74, 6) is 1.06. The van der Waals surface area contributed by atoms with Crippen molar-refractivity contribution in [3.63, 3.8) is 0 Å². The van der Waals surface area contributed by atoms with Crippen molar-refractivity contribution in [2.45, 2.75) is 69.4 Å². The molecule has 2 N–H and O–H groups in total. The smallest absolute Gasteiger partial charge is 0.225 e. The summed E-state index contributed by atoms with van der Waals surface area (Å²) in [6.45, 7) is 0. The second-order valence-corrected chi connectivity index (χ2v) is 7.97. The van der Waals surface area contributed by atoms with E-state index in [2.05, 4.69) is 16.0 Å². The molecule has 0 saturated heterocycles. The molecule has 1 unspecified atom stereocenters. The predicted octanol–water partition coefficient (Wildman–Crippen LogP) is 3.67. The summed E-state index contributed by atoms with van der Waals surface area (Å²) in [6.07, 6.45) is 10.7. The van der Waals surface area contributed by atoms with E-state index < -0.39 is 6.04 Å². The molecular weight excluding hydrogens is 320 g/mol. The molecule has 0 bridgehead atoms. The maximum absolute atomic E-state index is 9.06. The molecule has 0 spiro atoms. The molecule has 2 aromatic rings. The lowest BCUT2D eigenvalue weighted by molar-refractivity contribution is 0.150. The summed E-state index contributed by atoms with van der Waals surface area (Å²) >= 11 is 1.75. The van der Waals surface area contributed by atoms with E-state index in [0.29, 0.717) is 12.3 Å². The molecular formula is C18H22N4OS. The minimum Gasteiger partial charge on any atom is -0.474 e. The zero-order valence-electron chi connectivity index (χ0n) is 13.7. The van der Waals surface area contributed by atoms with Crippen LogP contribution in [0.3, 0.4) is 0 Å². The van der Waals surface area contributed by atoms with Gasteiger partial charge in [0, 0.05) is 4.88 Å². The van der Waals surface area contributed by atoms with Gasteiger partial charge in [-0.15, -0.1) is 11.3 Å². The molecule has 2 aliphatic rings. The number of nitrogens with zero attached hydrogens (tertiary/aromatic N) is 3. The normalized spacial score (nSPS) is 22.2. The SMILES string of the molecule is N#CC(N)C[C@H]1CCc2sc3ncnc(OC4CCCCC4)c3c21. The molecule has 2 aliphatic carbocycles. The van der Waals surface area contributed by atoms with E-state index in [1.165, 1.54) is 29.7 Å². The quantitative estimate of drug-likeness (QED) is 0.916. The summed E-state index contributed by atoms with van der Waals surface area (Å²) in [6, 6.07) is 1.75. The van der Waals surface area contributed by atoms with E-state index in [4.69, 9.17) is 15.7 Å². The third-order valence-electron chi connectivity index (χ3n) is 5.23. The van der Waals surface area contributed by atoms with E-state index in [-0.39, 0.29) is 6.10 Å². The average molecular weight is 342 g/mol. The van der Waals surface area contributed by atoms with Crippen LogP contribution in [-0.4, -0.2) is 22.1 Å². The van der Waals surface area contributed by atoms with Crippen LogP contribution in [0.1, 0.15) is 61.3 Å². The molecule has 0 aliphatic heterocycles. The standard InChI is InChI=1S/C18H22N4OS/c19-9-12(20)8-11-6-7-14-15(11)16-17(21-10-22-18(16)24-14)23-13-4-2-1-3-5-13/h10-13H,1-8,20H2/t11-,12?/m1/s1. The van der Waals surface area contributed by atoms with Crippen LogP contribution in [0.15, 0.2) is 6.33 Å². The largest absolute Gasteiger partial charge is 0.474 e. The van der Waals surface area contributed by atoms with Gasteiger partial charge in [-0.05, 0) is 56.4 Å². The third kappa shape index (κ3) is 2.87. The Morgan fingerprint density at radius 3 is 2.92 bits per heavy atom. The van der Waals surface area contributed by atoms with Crippen LogP contribution in [0.25, 0.3) is 10.2 Å². The van der Waals surface area contributed by atoms with Gasteiger partial charge in [0.1, 0.15) is 17.3 Å². The van der Waals surface area contributed by atoms with Gasteiger partial charge in [0.25, 0.3) is 0 Å². The molecule has 24 heavy (non-hydrogen) atoms. The second kappa shape index (κ2) is 6.66. The maximum Gasteiger partial charge on any atom is 0.225 e. The van der Waals surface area contributed by atoms with Crippen molar-refractivity contribution in [1.29, 1.82) is 5.26 Å². The Balaban J connectivity index is 1.69. The van der Waals surface area contributed by atoms with Gasteiger partial charge in [-0.3, -0.25) is 0 Å². The highest BCUT2D eigenvalue weighted by Crippen LogP contribution is 2.47. The lowest BCUT2D eigenvalue weighted by atomic mass is 9.94. The van der Waals surface area contributed by atoms with Crippen molar-refractivity contribution in [3.8, 4) is 11.9 Å². The fourth-order valence-electron chi connectivity index (χ4n) is 4.07. The molecule has 1 fully saturated rings. The Kier molecular flexibility index (Phi) is 4.38. The number of thiophene rings is 1. The van der Waals surface area contributed by atoms with Crippen molar-refractivity contribution < 1.29 is 4.74 Å². The number of ether oxygens (including phenoxy) is 1. The number of nitrogens with two attached hydrogens (primary N) is 1. The van der Waals surface area contributed by atoms with Crippen molar-refractivity contribution >= 4 is 21.6 Å². The van der Waals surface area contributed by atoms with Gasteiger partial charge < -0.3 is 10.5 Å². The molecule has 1 saturated carbocycles. The van der Waals surface area contributed by atoms with Crippen molar-refractivity contribution in [2.75, 3.05) is 0 Å². The summed E-state index contributed by atoms with van der Waals surface area (Å²) in [7, 11) is 0. The first-order valence-corrected chi connectivity index (χ1v) is 9.66. The number of rotatable bonds is 4. The van der Waals surface area contributed by atoms with Crippen LogP contribution >= 0.6 is 11.3 Å². The Morgan fingerprint density at radius 1 is 1.29 bits per heavy atom. The fraction of sp³-hybridized carbons (Fsp3) is 0.611. The first-order valence-electron chi connectivity index (χ1n) is 8.84. The summed E-state index contributed by atoms with van der Waals surface area (Å²) in [5.41, 5.74) is 7.19. The molecule has 5 nitrogen and oxygen atoms in total. The van der Waals surface area contributed by atoms with Gasteiger partial charge in [0.15, 0.2) is 0 Å². The van der Waals surface area contributed by atoms with E-state index in [1.54, 1.807) is 17.7 Å².